The SMILES string of the molecule is O=C(C1C2CCCC21)N1CCCNc2ccccc21. The van der Waals surface area contributed by atoms with Gasteiger partial charge in [0, 0.05) is 19.0 Å². The summed E-state index contributed by atoms with van der Waals surface area (Å²) in [5, 5.41) is 3.43. The van der Waals surface area contributed by atoms with Gasteiger partial charge in [-0.05, 0) is 43.2 Å². The number of rotatable bonds is 1. The Kier molecular flexibility index (Phi) is 2.54. The third-order valence-electron chi connectivity index (χ3n) is 5.03. The van der Waals surface area contributed by atoms with E-state index in [0.717, 1.165) is 30.9 Å². The van der Waals surface area contributed by atoms with E-state index in [0.29, 0.717) is 23.7 Å². The van der Waals surface area contributed by atoms with E-state index in [-0.39, 0.29) is 0 Å². The average Bonchev–Trinajstić information content (AvgIpc) is 3.02. The molecule has 1 aromatic carbocycles. The molecule has 1 amide bonds. The first-order valence-electron chi connectivity index (χ1n) is 7.50. The summed E-state index contributed by atoms with van der Waals surface area (Å²) in [5.74, 6) is 2.12. The van der Waals surface area contributed by atoms with Crippen LogP contribution in [0.4, 0.5) is 11.4 Å². The van der Waals surface area contributed by atoms with E-state index < -0.39 is 0 Å². The highest BCUT2D eigenvalue weighted by Crippen LogP contribution is 2.58. The summed E-state index contributed by atoms with van der Waals surface area (Å²) in [6.07, 6.45) is 4.91. The first-order chi connectivity index (χ1) is 9.36. The second-order valence-electron chi connectivity index (χ2n) is 6.07. The maximum atomic E-state index is 12.8. The second kappa shape index (κ2) is 4.26. The van der Waals surface area contributed by atoms with Crippen molar-refractivity contribution in [3.8, 4) is 0 Å². The molecule has 1 N–H and O–H groups in total. The number of anilines is 2. The molecule has 0 saturated heterocycles. The predicted molar refractivity (Wildman–Crippen MR) is 76.2 cm³/mol. The molecule has 0 spiro atoms. The summed E-state index contributed by atoms with van der Waals surface area (Å²) in [7, 11) is 0. The van der Waals surface area contributed by atoms with Crippen LogP contribution in [0.2, 0.25) is 0 Å². The number of carbonyl (C=O) groups excluding carboxylic acids is 1. The fourth-order valence-corrected chi connectivity index (χ4v) is 4.04. The minimum absolute atomic E-state index is 0.333. The van der Waals surface area contributed by atoms with E-state index in [4.69, 9.17) is 0 Å². The number of hydrogen-bond donors (Lipinski definition) is 1. The third kappa shape index (κ3) is 1.75. The zero-order chi connectivity index (χ0) is 12.8. The van der Waals surface area contributed by atoms with E-state index in [1.54, 1.807) is 0 Å². The fraction of sp³-hybridized carbons (Fsp3) is 0.562. The molecule has 2 saturated carbocycles. The van der Waals surface area contributed by atoms with Gasteiger partial charge in [-0.3, -0.25) is 4.79 Å². The Hall–Kier alpha value is -1.51. The molecule has 3 nitrogen and oxygen atoms in total. The molecule has 0 aromatic heterocycles. The van der Waals surface area contributed by atoms with Gasteiger partial charge in [0.2, 0.25) is 5.91 Å². The predicted octanol–water partition coefficient (Wildman–Crippen LogP) is 2.88. The normalized spacial score (nSPS) is 32.0. The van der Waals surface area contributed by atoms with Gasteiger partial charge in [0.05, 0.1) is 11.4 Å². The Labute approximate surface area is 114 Å². The molecule has 3 aliphatic rings. The lowest BCUT2D eigenvalue weighted by Gasteiger charge is -2.23. The molecule has 2 atom stereocenters. The van der Waals surface area contributed by atoms with Crippen molar-refractivity contribution in [3.05, 3.63) is 24.3 Å². The van der Waals surface area contributed by atoms with Crippen LogP contribution < -0.4 is 10.2 Å². The van der Waals surface area contributed by atoms with E-state index in [2.05, 4.69) is 17.4 Å². The van der Waals surface area contributed by atoms with Crippen LogP contribution in [-0.4, -0.2) is 19.0 Å². The van der Waals surface area contributed by atoms with Crippen molar-refractivity contribution in [2.24, 2.45) is 17.8 Å². The fourth-order valence-electron chi connectivity index (χ4n) is 4.04. The lowest BCUT2D eigenvalue weighted by molar-refractivity contribution is -0.120. The highest BCUT2D eigenvalue weighted by Gasteiger charge is 2.57. The lowest BCUT2D eigenvalue weighted by Crippen LogP contribution is -2.34. The first-order valence-corrected chi connectivity index (χ1v) is 7.50. The van der Waals surface area contributed by atoms with Crippen molar-refractivity contribution in [2.45, 2.75) is 25.7 Å². The number of hydrogen-bond acceptors (Lipinski definition) is 2. The molecule has 3 heteroatoms. The molecule has 1 aliphatic heterocycles. The summed E-state index contributed by atoms with van der Waals surface area (Å²) in [6, 6.07) is 8.21. The molecule has 1 aromatic rings. The van der Waals surface area contributed by atoms with Gasteiger partial charge in [0.15, 0.2) is 0 Å². The molecule has 4 rings (SSSR count). The zero-order valence-electron chi connectivity index (χ0n) is 11.1. The van der Waals surface area contributed by atoms with Gasteiger partial charge in [0.25, 0.3) is 0 Å². The van der Waals surface area contributed by atoms with E-state index in [1.165, 1.54) is 19.3 Å². The summed E-state index contributed by atoms with van der Waals surface area (Å²) < 4.78 is 0. The summed E-state index contributed by atoms with van der Waals surface area (Å²) in [5.41, 5.74) is 2.19. The van der Waals surface area contributed by atoms with Gasteiger partial charge in [-0.1, -0.05) is 18.6 Å². The standard InChI is InChI=1S/C16H20N2O/c19-16(15-11-5-3-6-12(11)15)18-10-4-9-17-13-7-1-2-8-14(13)18/h1-2,7-8,11-12,15,17H,3-6,9-10H2. The van der Waals surface area contributed by atoms with Gasteiger partial charge >= 0.3 is 0 Å². The zero-order valence-corrected chi connectivity index (χ0v) is 11.1. The molecule has 100 valence electrons. The molecule has 1 heterocycles. The van der Waals surface area contributed by atoms with Crippen molar-refractivity contribution < 1.29 is 4.79 Å². The minimum Gasteiger partial charge on any atom is -0.383 e. The van der Waals surface area contributed by atoms with Crippen molar-refractivity contribution in [1.82, 2.24) is 0 Å². The molecular formula is C16H20N2O. The van der Waals surface area contributed by atoms with Crippen LogP contribution in [0.25, 0.3) is 0 Å². The van der Waals surface area contributed by atoms with Crippen molar-refractivity contribution in [2.75, 3.05) is 23.3 Å². The summed E-state index contributed by atoms with van der Waals surface area (Å²) in [4.78, 5) is 14.8. The molecule has 2 unspecified atom stereocenters. The number of nitrogens with zero attached hydrogens (tertiary/aromatic N) is 1. The first kappa shape index (κ1) is 11.3. The van der Waals surface area contributed by atoms with Crippen molar-refractivity contribution in [1.29, 1.82) is 0 Å². The Morgan fingerprint density at radius 3 is 2.79 bits per heavy atom. The molecule has 2 aliphatic carbocycles. The topological polar surface area (TPSA) is 32.3 Å². The number of nitrogens with one attached hydrogen (secondary N) is 1. The van der Waals surface area contributed by atoms with Crippen LogP contribution in [-0.2, 0) is 4.79 Å². The van der Waals surface area contributed by atoms with E-state index >= 15 is 0 Å². The van der Waals surface area contributed by atoms with Gasteiger partial charge in [-0.2, -0.15) is 0 Å². The highest BCUT2D eigenvalue weighted by molar-refractivity contribution is 6.00. The minimum atomic E-state index is 0.333. The van der Waals surface area contributed by atoms with Crippen LogP contribution >= 0.6 is 0 Å². The second-order valence-corrected chi connectivity index (χ2v) is 6.07. The smallest absolute Gasteiger partial charge is 0.230 e. The van der Waals surface area contributed by atoms with Gasteiger partial charge in [-0.25, -0.2) is 0 Å². The van der Waals surface area contributed by atoms with Crippen LogP contribution in [0.15, 0.2) is 24.3 Å². The Balaban J connectivity index is 1.62. The number of benzene rings is 1. The van der Waals surface area contributed by atoms with Crippen molar-refractivity contribution >= 4 is 17.3 Å². The monoisotopic (exact) mass is 256 g/mol. The Morgan fingerprint density at radius 1 is 1.16 bits per heavy atom. The maximum absolute atomic E-state index is 12.8. The van der Waals surface area contributed by atoms with E-state index in [1.807, 2.05) is 17.0 Å². The van der Waals surface area contributed by atoms with Crippen LogP contribution in [0, 0.1) is 17.8 Å². The quantitative estimate of drug-likeness (QED) is 0.838. The number of carbonyl (C=O) groups is 1. The molecular weight excluding hydrogens is 236 g/mol. The molecule has 0 bridgehead atoms. The lowest BCUT2D eigenvalue weighted by atomic mass is 10.1. The van der Waals surface area contributed by atoms with Gasteiger partial charge < -0.3 is 10.2 Å². The number of amides is 1. The number of fused-ring (bicyclic) bond motifs is 2. The number of para-hydroxylation sites is 2. The van der Waals surface area contributed by atoms with Gasteiger partial charge in [0.1, 0.15) is 0 Å². The Bertz CT molecular complexity index is 503. The third-order valence-corrected chi connectivity index (χ3v) is 5.03. The van der Waals surface area contributed by atoms with Crippen LogP contribution in [0.5, 0.6) is 0 Å². The van der Waals surface area contributed by atoms with Gasteiger partial charge in [-0.15, -0.1) is 0 Å². The molecule has 19 heavy (non-hydrogen) atoms. The summed E-state index contributed by atoms with van der Waals surface area (Å²) >= 11 is 0. The molecule has 0 radical (unpaired) electrons. The maximum Gasteiger partial charge on any atom is 0.230 e. The van der Waals surface area contributed by atoms with Crippen LogP contribution in [0.1, 0.15) is 25.7 Å². The highest BCUT2D eigenvalue weighted by atomic mass is 16.2. The van der Waals surface area contributed by atoms with Crippen LogP contribution in [0.3, 0.4) is 0 Å². The Morgan fingerprint density at radius 2 is 1.95 bits per heavy atom. The summed E-state index contributed by atoms with van der Waals surface area (Å²) in [6.45, 7) is 1.82. The molecule has 2 fully saturated rings. The van der Waals surface area contributed by atoms with E-state index in [9.17, 15) is 4.79 Å². The average molecular weight is 256 g/mol. The largest absolute Gasteiger partial charge is 0.383 e. The van der Waals surface area contributed by atoms with Crippen molar-refractivity contribution in [3.63, 3.8) is 0 Å².